The fourth-order valence-electron chi connectivity index (χ4n) is 1.52. The molecule has 1 atom stereocenters. The van der Waals surface area contributed by atoms with Gasteiger partial charge in [0.2, 0.25) is 5.91 Å². The number of alkyl carbamates (subject to hydrolysis) is 1. The van der Waals surface area contributed by atoms with Crippen molar-refractivity contribution < 1.29 is 14.3 Å². The van der Waals surface area contributed by atoms with Gasteiger partial charge in [-0.15, -0.1) is 0 Å². The average molecular weight is 242 g/mol. The van der Waals surface area contributed by atoms with Crippen LogP contribution in [-0.4, -0.2) is 31.7 Å². The van der Waals surface area contributed by atoms with E-state index in [4.69, 9.17) is 0 Å². The normalized spacial score (nSPS) is 18.4. The van der Waals surface area contributed by atoms with E-state index in [9.17, 15) is 9.59 Å². The van der Waals surface area contributed by atoms with Gasteiger partial charge in [0.15, 0.2) is 0 Å². The van der Waals surface area contributed by atoms with E-state index in [-0.39, 0.29) is 17.2 Å². The molecule has 1 rings (SSSR count). The van der Waals surface area contributed by atoms with Crippen molar-refractivity contribution in [2.24, 2.45) is 11.3 Å². The zero-order valence-electron chi connectivity index (χ0n) is 11.0. The smallest absolute Gasteiger partial charge is 0.407 e. The summed E-state index contributed by atoms with van der Waals surface area (Å²) >= 11 is 0. The number of carbonyl (C=O) groups is 2. The highest BCUT2D eigenvalue weighted by molar-refractivity contribution is 5.85. The first-order valence-electron chi connectivity index (χ1n) is 6.00. The van der Waals surface area contributed by atoms with E-state index in [1.54, 1.807) is 0 Å². The number of hydrogen-bond acceptors (Lipinski definition) is 3. The number of nitrogens with one attached hydrogen (secondary N) is 2. The van der Waals surface area contributed by atoms with E-state index in [0.717, 1.165) is 12.8 Å². The molecule has 5 nitrogen and oxygen atoms in total. The maximum Gasteiger partial charge on any atom is 0.407 e. The first-order valence-corrected chi connectivity index (χ1v) is 6.00. The molecule has 1 aliphatic carbocycles. The van der Waals surface area contributed by atoms with Gasteiger partial charge in [0.05, 0.1) is 7.11 Å². The van der Waals surface area contributed by atoms with Crippen molar-refractivity contribution in [1.29, 1.82) is 0 Å². The standard InChI is InChI=1S/C12H22N2O3/c1-8(2)9(14-11(16)17-4)10(15)13-7-12(3)5-6-12/h8-9H,5-7H2,1-4H3,(H,13,15)(H,14,16)/t9-/m0/s1. The minimum Gasteiger partial charge on any atom is -0.453 e. The number of ether oxygens (including phenoxy) is 1. The van der Waals surface area contributed by atoms with Gasteiger partial charge in [0.25, 0.3) is 0 Å². The molecule has 0 radical (unpaired) electrons. The molecule has 17 heavy (non-hydrogen) atoms. The van der Waals surface area contributed by atoms with Gasteiger partial charge in [-0.1, -0.05) is 20.8 Å². The Bertz CT molecular complexity index is 298. The van der Waals surface area contributed by atoms with Crippen molar-refractivity contribution in [3.63, 3.8) is 0 Å². The fraction of sp³-hybridized carbons (Fsp3) is 0.833. The van der Waals surface area contributed by atoms with Crippen molar-refractivity contribution in [2.45, 2.75) is 39.7 Å². The third kappa shape index (κ3) is 4.24. The zero-order valence-corrected chi connectivity index (χ0v) is 11.0. The molecule has 1 aliphatic rings. The molecule has 0 bridgehead atoms. The fourth-order valence-corrected chi connectivity index (χ4v) is 1.52. The zero-order chi connectivity index (χ0) is 13.1. The Morgan fingerprint density at radius 2 is 1.94 bits per heavy atom. The lowest BCUT2D eigenvalue weighted by molar-refractivity contribution is -0.124. The van der Waals surface area contributed by atoms with Gasteiger partial charge in [-0.3, -0.25) is 4.79 Å². The summed E-state index contributed by atoms with van der Waals surface area (Å²) in [6.07, 6.45) is 1.74. The van der Waals surface area contributed by atoms with E-state index < -0.39 is 12.1 Å². The Kier molecular flexibility index (Phi) is 4.37. The summed E-state index contributed by atoms with van der Waals surface area (Å²) in [7, 11) is 1.29. The molecule has 0 aromatic heterocycles. The lowest BCUT2D eigenvalue weighted by Gasteiger charge is -2.21. The van der Waals surface area contributed by atoms with Gasteiger partial charge in [0.1, 0.15) is 6.04 Å². The Hall–Kier alpha value is -1.26. The van der Waals surface area contributed by atoms with Crippen LogP contribution in [0.25, 0.3) is 0 Å². The van der Waals surface area contributed by atoms with Crippen molar-refractivity contribution in [1.82, 2.24) is 10.6 Å². The first-order chi connectivity index (χ1) is 7.88. The second-order valence-corrected chi connectivity index (χ2v) is 5.39. The number of methoxy groups -OCH3 is 1. The monoisotopic (exact) mass is 242 g/mol. The number of amides is 2. The summed E-state index contributed by atoms with van der Waals surface area (Å²) in [5, 5.41) is 5.44. The third-order valence-corrected chi connectivity index (χ3v) is 3.20. The number of carbonyl (C=O) groups excluding carboxylic acids is 2. The Morgan fingerprint density at radius 3 is 2.35 bits per heavy atom. The highest BCUT2D eigenvalue weighted by atomic mass is 16.5. The van der Waals surface area contributed by atoms with Gasteiger partial charge >= 0.3 is 6.09 Å². The second-order valence-electron chi connectivity index (χ2n) is 5.39. The molecule has 5 heteroatoms. The number of hydrogen-bond donors (Lipinski definition) is 2. The molecule has 2 N–H and O–H groups in total. The SMILES string of the molecule is COC(=O)N[C@H](C(=O)NCC1(C)CC1)C(C)C. The summed E-state index contributed by atoms with van der Waals surface area (Å²) in [4.78, 5) is 23.1. The van der Waals surface area contributed by atoms with Gasteiger partial charge in [-0.25, -0.2) is 4.79 Å². The third-order valence-electron chi connectivity index (χ3n) is 3.20. The molecule has 1 saturated carbocycles. The van der Waals surface area contributed by atoms with Gasteiger partial charge in [-0.2, -0.15) is 0 Å². The molecule has 0 spiro atoms. The largest absolute Gasteiger partial charge is 0.453 e. The molecule has 0 aliphatic heterocycles. The Morgan fingerprint density at radius 1 is 1.35 bits per heavy atom. The molecule has 0 heterocycles. The van der Waals surface area contributed by atoms with Crippen LogP contribution in [0.3, 0.4) is 0 Å². The second kappa shape index (κ2) is 5.38. The molecule has 1 fully saturated rings. The van der Waals surface area contributed by atoms with Gasteiger partial charge in [0, 0.05) is 6.54 Å². The molecular weight excluding hydrogens is 220 g/mol. The van der Waals surface area contributed by atoms with E-state index in [2.05, 4.69) is 22.3 Å². The lowest BCUT2D eigenvalue weighted by Crippen LogP contribution is -2.50. The first kappa shape index (κ1) is 13.8. The summed E-state index contributed by atoms with van der Waals surface area (Å²) in [5.41, 5.74) is 0.266. The van der Waals surface area contributed by atoms with Crippen molar-refractivity contribution in [2.75, 3.05) is 13.7 Å². The van der Waals surface area contributed by atoms with Crippen LogP contribution in [0.5, 0.6) is 0 Å². The maximum absolute atomic E-state index is 11.9. The molecule has 0 aromatic carbocycles. The molecule has 0 unspecified atom stereocenters. The van der Waals surface area contributed by atoms with Crippen molar-refractivity contribution in [3.8, 4) is 0 Å². The van der Waals surface area contributed by atoms with Crippen LogP contribution in [-0.2, 0) is 9.53 Å². The molecule has 0 saturated heterocycles. The van der Waals surface area contributed by atoms with Crippen LogP contribution < -0.4 is 10.6 Å². The van der Waals surface area contributed by atoms with E-state index in [1.165, 1.54) is 7.11 Å². The maximum atomic E-state index is 11.9. The summed E-state index contributed by atoms with van der Waals surface area (Å²) < 4.78 is 4.51. The van der Waals surface area contributed by atoms with Crippen LogP contribution in [0.15, 0.2) is 0 Å². The minimum atomic E-state index is -0.573. The molecular formula is C12H22N2O3. The summed E-state index contributed by atoms with van der Waals surface area (Å²) in [5.74, 6) is -0.111. The van der Waals surface area contributed by atoms with E-state index in [0.29, 0.717) is 6.54 Å². The van der Waals surface area contributed by atoms with E-state index >= 15 is 0 Å². The predicted molar refractivity (Wildman–Crippen MR) is 64.5 cm³/mol. The topological polar surface area (TPSA) is 67.4 Å². The van der Waals surface area contributed by atoms with Crippen molar-refractivity contribution in [3.05, 3.63) is 0 Å². The lowest BCUT2D eigenvalue weighted by atomic mass is 10.0. The predicted octanol–water partition coefficient (Wildman–Crippen LogP) is 1.28. The number of rotatable bonds is 5. The van der Waals surface area contributed by atoms with Crippen LogP contribution in [0, 0.1) is 11.3 Å². The summed E-state index contributed by atoms with van der Waals surface area (Å²) in [6, 6.07) is -0.537. The highest BCUT2D eigenvalue weighted by Gasteiger charge is 2.38. The minimum absolute atomic E-state index is 0.0288. The van der Waals surface area contributed by atoms with Gasteiger partial charge < -0.3 is 15.4 Å². The van der Waals surface area contributed by atoms with E-state index in [1.807, 2.05) is 13.8 Å². The summed E-state index contributed by atoms with van der Waals surface area (Å²) in [6.45, 7) is 6.60. The average Bonchev–Trinajstić information content (AvgIpc) is 3.01. The Labute approximate surface area is 102 Å². The molecule has 0 aromatic rings. The van der Waals surface area contributed by atoms with Crippen molar-refractivity contribution >= 4 is 12.0 Å². The van der Waals surface area contributed by atoms with Gasteiger partial charge in [-0.05, 0) is 24.2 Å². The Balaban J connectivity index is 2.45. The van der Waals surface area contributed by atoms with Crippen LogP contribution in [0.1, 0.15) is 33.6 Å². The van der Waals surface area contributed by atoms with Crippen LogP contribution in [0.2, 0.25) is 0 Å². The van der Waals surface area contributed by atoms with Crippen LogP contribution >= 0.6 is 0 Å². The molecule has 2 amide bonds. The quantitative estimate of drug-likeness (QED) is 0.763. The van der Waals surface area contributed by atoms with Crippen LogP contribution in [0.4, 0.5) is 4.79 Å². The molecule has 98 valence electrons. The highest BCUT2D eigenvalue weighted by Crippen LogP contribution is 2.44.